The minimum absolute atomic E-state index is 0.250. The van der Waals surface area contributed by atoms with Gasteiger partial charge in [0.25, 0.3) is 0 Å². The Morgan fingerprint density at radius 2 is 2.25 bits per heavy atom. The summed E-state index contributed by atoms with van der Waals surface area (Å²) < 4.78 is 0. The van der Waals surface area contributed by atoms with Crippen LogP contribution in [0.15, 0.2) is 24.3 Å². The Labute approximate surface area is 106 Å². The first kappa shape index (κ1) is 10.9. The molecule has 2 fully saturated rings. The molecule has 1 saturated heterocycles. The van der Waals surface area contributed by atoms with Crippen LogP contribution in [-0.4, -0.2) is 17.5 Å². The van der Waals surface area contributed by atoms with Crippen molar-refractivity contribution in [3.63, 3.8) is 0 Å². The minimum atomic E-state index is 0.250. The van der Waals surface area contributed by atoms with Crippen LogP contribution in [0.1, 0.15) is 24.8 Å². The van der Waals surface area contributed by atoms with Crippen LogP contribution in [0.25, 0.3) is 0 Å². The summed E-state index contributed by atoms with van der Waals surface area (Å²) in [5.74, 6) is 2.58. The van der Waals surface area contributed by atoms with Gasteiger partial charge >= 0.3 is 0 Å². The lowest BCUT2D eigenvalue weighted by atomic mass is 10.0. The second kappa shape index (κ2) is 4.25. The molecule has 1 heterocycles. The number of nitrogens with one attached hydrogen (secondary N) is 1. The van der Waals surface area contributed by atoms with E-state index in [0.717, 1.165) is 5.02 Å². The van der Waals surface area contributed by atoms with E-state index in [0.29, 0.717) is 6.04 Å². The summed E-state index contributed by atoms with van der Waals surface area (Å²) in [7, 11) is 0. The molecule has 1 aromatic carbocycles. The van der Waals surface area contributed by atoms with Crippen LogP contribution in [0.3, 0.4) is 0 Å². The molecule has 3 heteroatoms. The van der Waals surface area contributed by atoms with Gasteiger partial charge in [0.2, 0.25) is 0 Å². The summed E-state index contributed by atoms with van der Waals surface area (Å²) in [5, 5.41) is 4.68. The van der Waals surface area contributed by atoms with Crippen molar-refractivity contribution in [1.29, 1.82) is 0 Å². The molecule has 1 aromatic rings. The predicted molar refractivity (Wildman–Crippen MR) is 71.2 cm³/mol. The lowest BCUT2D eigenvalue weighted by Crippen LogP contribution is -2.38. The highest BCUT2D eigenvalue weighted by Gasteiger charge is 2.45. The molecule has 86 valence electrons. The summed E-state index contributed by atoms with van der Waals surface area (Å²) in [6.07, 6.45) is 3.83. The molecule has 16 heavy (non-hydrogen) atoms. The molecule has 1 aliphatic heterocycles. The van der Waals surface area contributed by atoms with Gasteiger partial charge in [-0.15, -0.1) is 0 Å². The van der Waals surface area contributed by atoms with Crippen molar-refractivity contribution in [2.24, 2.45) is 0 Å². The van der Waals surface area contributed by atoms with Crippen molar-refractivity contribution in [3.05, 3.63) is 34.9 Å². The average Bonchev–Trinajstić information content (AvgIpc) is 2.87. The molecular weight excluding hydrogens is 238 g/mol. The Hall–Kier alpha value is -0.180. The second-order valence-corrected chi connectivity index (χ2v) is 6.38. The number of rotatable bonds is 3. The highest BCUT2D eigenvalue weighted by molar-refractivity contribution is 7.99. The second-order valence-electron chi connectivity index (χ2n) is 4.80. The third-order valence-corrected chi connectivity index (χ3v) is 4.93. The third kappa shape index (κ3) is 2.11. The van der Waals surface area contributed by atoms with E-state index in [1.54, 1.807) is 0 Å². The zero-order valence-corrected chi connectivity index (χ0v) is 10.8. The number of halogens is 1. The number of thioether (sulfide) groups is 1. The summed E-state index contributed by atoms with van der Waals surface area (Å²) in [6.45, 7) is 0. The normalized spacial score (nSPS) is 26.9. The number of hydrogen-bond donors (Lipinski definition) is 1. The smallest absolute Gasteiger partial charge is 0.0439 e. The van der Waals surface area contributed by atoms with E-state index >= 15 is 0 Å². The largest absolute Gasteiger partial charge is 0.304 e. The van der Waals surface area contributed by atoms with E-state index in [1.807, 2.05) is 6.07 Å². The SMILES string of the molecule is Clc1cccc(C2(N[C@H]3CCSC3)CC2)c1. The molecule has 0 spiro atoms. The molecule has 1 N–H and O–H groups in total. The Morgan fingerprint density at radius 3 is 2.88 bits per heavy atom. The fourth-order valence-corrected chi connectivity index (χ4v) is 3.81. The molecule has 0 aromatic heterocycles. The molecule has 1 saturated carbocycles. The summed E-state index contributed by atoms with van der Waals surface area (Å²) in [6, 6.07) is 9.03. The molecule has 1 aliphatic carbocycles. The molecule has 1 atom stereocenters. The Kier molecular flexibility index (Phi) is 2.90. The zero-order valence-electron chi connectivity index (χ0n) is 9.21. The van der Waals surface area contributed by atoms with Crippen LogP contribution >= 0.6 is 23.4 Å². The maximum Gasteiger partial charge on any atom is 0.0439 e. The highest BCUT2D eigenvalue weighted by atomic mass is 35.5. The first-order chi connectivity index (χ1) is 7.78. The lowest BCUT2D eigenvalue weighted by Gasteiger charge is -2.22. The van der Waals surface area contributed by atoms with E-state index in [4.69, 9.17) is 11.6 Å². The molecular formula is C13H16ClNS. The van der Waals surface area contributed by atoms with Crippen molar-refractivity contribution in [1.82, 2.24) is 5.32 Å². The van der Waals surface area contributed by atoms with Crippen LogP contribution < -0.4 is 5.32 Å². The van der Waals surface area contributed by atoms with Gasteiger partial charge in [0.05, 0.1) is 0 Å². The zero-order chi connectivity index (χ0) is 11.0. The molecule has 0 unspecified atom stereocenters. The molecule has 0 bridgehead atoms. The van der Waals surface area contributed by atoms with Gasteiger partial charge < -0.3 is 5.32 Å². The molecule has 2 aliphatic rings. The minimum Gasteiger partial charge on any atom is -0.304 e. The Morgan fingerprint density at radius 1 is 1.38 bits per heavy atom. The van der Waals surface area contributed by atoms with Crippen molar-refractivity contribution < 1.29 is 0 Å². The van der Waals surface area contributed by atoms with Gasteiger partial charge in [-0.05, 0) is 42.7 Å². The lowest BCUT2D eigenvalue weighted by molar-refractivity contribution is 0.445. The van der Waals surface area contributed by atoms with E-state index in [1.165, 1.54) is 36.3 Å². The van der Waals surface area contributed by atoms with Crippen LogP contribution in [0.2, 0.25) is 5.02 Å². The van der Waals surface area contributed by atoms with E-state index in [-0.39, 0.29) is 5.54 Å². The maximum absolute atomic E-state index is 6.06. The molecule has 0 radical (unpaired) electrons. The third-order valence-electron chi connectivity index (χ3n) is 3.54. The van der Waals surface area contributed by atoms with Crippen LogP contribution in [-0.2, 0) is 5.54 Å². The standard InChI is InChI=1S/C13H16ClNS/c14-11-3-1-2-10(8-11)13(5-6-13)15-12-4-7-16-9-12/h1-3,8,12,15H,4-7,9H2/t12-/m0/s1. The van der Waals surface area contributed by atoms with E-state index in [9.17, 15) is 0 Å². The van der Waals surface area contributed by atoms with Crippen molar-refractivity contribution in [2.45, 2.75) is 30.8 Å². The van der Waals surface area contributed by atoms with Gasteiger partial charge in [-0.25, -0.2) is 0 Å². The van der Waals surface area contributed by atoms with Crippen LogP contribution in [0, 0.1) is 0 Å². The Balaban J connectivity index is 1.77. The van der Waals surface area contributed by atoms with Crippen LogP contribution in [0.5, 0.6) is 0 Å². The van der Waals surface area contributed by atoms with Crippen molar-refractivity contribution in [3.8, 4) is 0 Å². The predicted octanol–water partition coefficient (Wildman–Crippen LogP) is 3.42. The molecule has 0 amide bonds. The molecule has 3 rings (SSSR count). The monoisotopic (exact) mass is 253 g/mol. The van der Waals surface area contributed by atoms with Crippen molar-refractivity contribution >= 4 is 23.4 Å². The van der Waals surface area contributed by atoms with Gasteiger partial charge in [0, 0.05) is 22.4 Å². The summed E-state index contributed by atoms with van der Waals surface area (Å²) in [4.78, 5) is 0. The highest BCUT2D eigenvalue weighted by Crippen LogP contribution is 2.47. The number of hydrogen-bond acceptors (Lipinski definition) is 2. The topological polar surface area (TPSA) is 12.0 Å². The first-order valence-corrected chi connectivity index (χ1v) is 7.43. The van der Waals surface area contributed by atoms with Gasteiger partial charge in [-0.2, -0.15) is 11.8 Å². The molecule has 1 nitrogen and oxygen atoms in total. The van der Waals surface area contributed by atoms with Gasteiger partial charge in [0.1, 0.15) is 0 Å². The quantitative estimate of drug-likeness (QED) is 0.886. The fraction of sp³-hybridized carbons (Fsp3) is 0.538. The summed E-state index contributed by atoms with van der Waals surface area (Å²) in [5.41, 5.74) is 1.62. The van der Waals surface area contributed by atoms with E-state index in [2.05, 4.69) is 35.3 Å². The van der Waals surface area contributed by atoms with Gasteiger partial charge in [0.15, 0.2) is 0 Å². The van der Waals surface area contributed by atoms with Gasteiger partial charge in [-0.3, -0.25) is 0 Å². The first-order valence-electron chi connectivity index (χ1n) is 5.90. The van der Waals surface area contributed by atoms with Crippen LogP contribution in [0.4, 0.5) is 0 Å². The van der Waals surface area contributed by atoms with E-state index < -0.39 is 0 Å². The maximum atomic E-state index is 6.06. The fourth-order valence-electron chi connectivity index (χ4n) is 2.47. The Bertz CT molecular complexity index is 383. The average molecular weight is 254 g/mol. The summed E-state index contributed by atoms with van der Waals surface area (Å²) >= 11 is 8.12. The van der Waals surface area contributed by atoms with Crippen molar-refractivity contribution in [2.75, 3.05) is 11.5 Å². The number of benzene rings is 1. The van der Waals surface area contributed by atoms with Gasteiger partial charge in [-0.1, -0.05) is 23.7 Å².